The molecule has 0 unspecified atom stereocenters. The monoisotopic (exact) mass is 449 g/mol. The molecular weight excluding hydrogens is 422 g/mol. The van der Waals surface area contributed by atoms with Crippen molar-refractivity contribution in [1.29, 1.82) is 0 Å². The fraction of sp³-hybridized carbons (Fsp3) is 0.417. The van der Waals surface area contributed by atoms with E-state index < -0.39 is 0 Å². The number of carbonyl (C=O) groups is 2. The summed E-state index contributed by atoms with van der Waals surface area (Å²) in [6, 6.07) is 9.38. The van der Waals surface area contributed by atoms with Crippen LogP contribution < -0.4 is 10.2 Å². The minimum atomic E-state index is 0.00165. The van der Waals surface area contributed by atoms with Crippen molar-refractivity contribution in [2.75, 3.05) is 36.4 Å². The van der Waals surface area contributed by atoms with E-state index in [1.54, 1.807) is 23.7 Å². The molecule has 1 aromatic carbocycles. The van der Waals surface area contributed by atoms with Gasteiger partial charge in [0, 0.05) is 43.3 Å². The highest BCUT2D eigenvalue weighted by Gasteiger charge is 2.25. The van der Waals surface area contributed by atoms with Gasteiger partial charge in [-0.05, 0) is 42.5 Å². The Morgan fingerprint density at radius 3 is 2.62 bits per heavy atom. The van der Waals surface area contributed by atoms with E-state index in [4.69, 9.17) is 0 Å². The molecule has 2 fully saturated rings. The second kappa shape index (κ2) is 9.24. The quantitative estimate of drug-likeness (QED) is 0.647. The predicted octanol–water partition coefficient (Wildman–Crippen LogP) is 4.17. The summed E-state index contributed by atoms with van der Waals surface area (Å²) in [5.41, 5.74) is 1.31. The third-order valence-corrected chi connectivity index (χ3v) is 7.28. The number of piperazine rings is 1. The number of benzene rings is 1. The highest BCUT2D eigenvalue weighted by atomic mass is 32.1. The van der Waals surface area contributed by atoms with Crippen molar-refractivity contribution in [3.05, 3.63) is 47.6 Å². The summed E-state index contributed by atoms with van der Waals surface area (Å²) >= 11 is 1.61. The summed E-state index contributed by atoms with van der Waals surface area (Å²) in [6.45, 7) is 2.72. The van der Waals surface area contributed by atoms with E-state index >= 15 is 0 Å². The topological polar surface area (TPSA) is 78.4 Å². The lowest BCUT2D eigenvalue weighted by Crippen LogP contribution is -2.49. The first-order chi connectivity index (χ1) is 15.7. The Hall–Kier alpha value is -3.00. The number of amides is 2. The van der Waals surface area contributed by atoms with Gasteiger partial charge in [-0.3, -0.25) is 9.59 Å². The van der Waals surface area contributed by atoms with Crippen LogP contribution in [0.4, 0.5) is 11.5 Å². The van der Waals surface area contributed by atoms with Crippen LogP contribution in [0.3, 0.4) is 0 Å². The van der Waals surface area contributed by atoms with Gasteiger partial charge >= 0.3 is 0 Å². The Morgan fingerprint density at radius 1 is 1.00 bits per heavy atom. The number of fused-ring (bicyclic) bond motifs is 1. The average molecular weight is 450 g/mol. The molecule has 3 aromatic rings. The van der Waals surface area contributed by atoms with Crippen LogP contribution in [0, 0.1) is 5.92 Å². The van der Waals surface area contributed by atoms with E-state index in [9.17, 15) is 9.59 Å². The lowest BCUT2D eigenvalue weighted by molar-refractivity contribution is -0.120. The molecule has 5 rings (SSSR count). The normalized spacial score (nSPS) is 17.5. The molecule has 0 bridgehead atoms. The number of hydrogen-bond acceptors (Lipinski definition) is 6. The van der Waals surface area contributed by atoms with E-state index in [-0.39, 0.29) is 17.7 Å². The Morgan fingerprint density at radius 2 is 1.81 bits per heavy atom. The van der Waals surface area contributed by atoms with Crippen molar-refractivity contribution in [1.82, 2.24) is 14.9 Å². The summed E-state index contributed by atoms with van der Waals surface area (Å²) in [7, 11) is 0. The van der Waals surface area contributed by atoms with Gasteiger partial charge in [-0.25, -0.2) is 9.97 Å². The zero-order valence-corrected chi connectivity index (χ0v) is 18.8. The maximum atomic E-state index is 13.1. The second-order valence-electron chi connectivity index (χ2n) is 8.52. The van der Waals surface area contributed by atoms with E-state index in [0.717, 1.165) is 54.8 Å². The number of thiophene rings is 1. The van der Waals surface area contributed by atoms with Crippen molar-refractivity contribution >= 4 is 44.9 Å². The number of nitrogens with zero attached hydrogens (tertiary/aromatic N) is 4. The highest BCUT2D eigenvalue weighted by Crippen LogP contribution is 2.28. The molecule has 0 radical (unpaired) electrons. The number of rotatable bonds is 4. The molecule has 8 heteroatoms. The van der Waals surface area contributed by atoms with E-state index in [2.05, 4.69) is 26.3 Å². The molecule has 1 aliphatic heterocycles. The predicted molar refractivity (Wildman–Crippen MR) is 127 cm³/mol. The SMILES string of the molecule is O=C(Nc1cccc(C(=O)N2CCN(c3ncnc4sccc34)CC2)c1)C1CCCCC1. The maximum Gasteiger partial charge on any atom is 0.254 e. The molecule has 1 saturated heterocycles. The molecule has 1 aliphatic carbocycles. The Kier molecular flexibility index (Phi) is 6.03. The molecule has 1 N–H and O–H groups in total. The number of nitrogens with one attached hydrogen (secondary N) is 1. The van der Waals surface area contributed by atoms with Crippen LogP contribution >= 0.6 is 11.3 Å². The first-order valence-electron chi connectivity index (χ1n) is 11.3. The van der Waals surface area contributed by atoms with E-state index in [1.807, 2.05) is 28.5 Å². The fourth-order valence-corrected chi connectivity index (χ4v) is 5.40. The van der Waals surface area contributed by atoms with Crippen molar-refractivity contribution in [2.24, 2.45) is 5.92 Å². The van der Waals surface area contributed by atoms with Crippen LogP contribution in [-0.4, -0.2) is 52.9 Å². The van der Waals surface area contributed by atoms with Crippen LogP contribution in [0.25, 0.3) is 10.2 Å². The number of carbonyl (C=O) groups excluding carboxylic acids is 2. The van der Waals surface area contributed by atoms with Crippen molar-refractivity contribution in [2.45, 2.75) is 32.1 Å². The third-order valence-electron chi connectivity index (χ3n) is 6.46. The molecule has 3 heterocycles. The zero-order chi connectivity index (χ0) is 21.9. The first kappa shape index (κ1) is 20.9. The minimum Gasteiger partial charge on any atom is -0.352 e. The van der Waals surface area contributed by atoms with Crippen LogP contribution in [-0.2, 0) is 4.79 Å². The van der Waals surface area contributed by atoms with Gasteiger partial charge in [-0.1, -0.05) is 25.3 Å². The molecule has 166 valence electrons. The molecule has 0 spiro atoms. The number of anilines is 2. The van der Waals surface area contributed by atoms with Crippen LogP contribution in [0.5, 0.6) is 0 Å². The Bertz CT molecular complexity index is 1120. The molecule has 0 atom stereocenters. The van der Waals surface area contributed by atoms with Gasteiger partial charge in [0.2, 0.25) is 5.91 Å². The fourth-order valence-electron chi connectivity index (χ4n) is 4.67. The smallest absolute Gasteiger partial charge is 0.254 e. The van der Waals surface area contributed by atoms with E-state index in [1.165, 1.54) is 6.42 Å². The Balaban J connectivity index is 1.22. The standard InChI is InChI=1S/C24H27N5O2S/c30-22(17-5-2-1-3-6-17)27-19-8-4-7-18(15-19)24(31)29-12-10-28(11-13-29)21-20-9-14-32-23(20)26-16-25-21/h4,7-9,14-17H,1-3,5-6,10-13H2,(H,27,30). The molecule has 1 saturated carbocycles. The number of aromatic nitrogens is 2. The molecular formula is C24H27N5O2S. The molecule has 2 aromatic heterocycles. The zero-order valence-electron chi connectivity index (χ0n) is 18.0. The summed E-state index contributed by atoms with van der Waals surface area (Å²) < 4.78 is 0. The highest BCUT2D eigenvalue weighted by molar-refractivity contribution is 7.16. The second-order valence-corrected chi connectivity index (χ2v) is 9.42. The molecule has 2 amide bonds. The average Bonchev–Trinajstić information content (AvgIpc) is 3.34. The summed E-state index contributed by atoms with van der Waals surface area (Å²) in [5.74, 6) is 1.11. The van der Waals surface area contributed by atoms with Gasteiger partial charge in [0.15, 0.2) is 0 Å². The molecule has 32 heavy (non-hydrogen) atoms. The third kappa shape index (κ3) is 4.32. The number of hydrogen-bond donors (Lipinski definition) is 1. The summed E-state index contributed by atoms with van der Waals surface area (Å²) in [4.78, 5) is 39.6. The summed E-state index contributed by atoms with van der Waals surface area (Å²) in [6.07, 6.45) is 6.98. The lowest BCUT2D eigenvalue weighted by Gasteiger charge is -2.35. The van der Waals surface area contributed by atoms with Crippen LogP contribution in [0.1, 0.15) is 42.5 Å². The lowest BCUT2D eigenvalue weighted by atomic mass is 9.88. The Labute approximate surface area is 191 Å². The van der Waals surface area contributed by atoms with Gasteiger partial charge in [0.1, 0.15) is 17.0 Å². The van der Waals surface area contributed by atoms with Gasteiger partial charge in [-0.2, -0.15) is 0 Å². The van der Waals surface area contributed by atoms with Gasteiger partial charge in [0.25, 0.3) is 5.91 Å². The summed E-state index contributed by atoms with van der Waals surface area (Å²) in [5, 5.41) is 6.12. The van der Waals surface area contributed by atoms with Crippen LogP contribution in [0.2, 0.25) is 0 Å². The van der Waals surface area contributed by atoms with Crippen LogP contribution in [0.15, 0.2) is 42.0 Å². The van der Waals surface area contributed by atoms with Gasteiger partial charge in [-0.15, -0.1) is 11.3 Å². The van der Waals surface area contributed by atoms with Gasteiger partial charge < -0.3 is 15.1 Å². The minimum absolute atomic E-state index is 0.00165. The van der Waals surface area contributed by atoms with Crippen molar-refractivity contribution < 1.29 is 9.59 Å². The van der Waals surface area contributed by atoms with Crippen molar-refractivity contribution in [3.8, 4) is 0 Å². The van der Waals surface area contributed by atoms with Gasteiger partial charge in [0.05, 0.1) is 5.39 Å². The molecule has 7 nitrogen and oxygen atoms in total. The van der Waals surface area contributed by atoms with Crippen molar-refractivity contribution in [3.63, 3.8) is 0 Å². The van der Waals surface area contributed by atoms with E-state index in [0.29, 0.717) is 24.3 Å². The molecule has 2 aliphatic rings. The largest absolute Gasteiger partial charge is 0.352 e. The maximum absolute atomic E-state index is 13.1. The first-order valence-corrected chi connectivity index (χ1v) is 12.2.